The van der Waals surface area contributed by atoms with E-state index in [-0.39, 0.29) is 0 Å². The van der Waals surface area contributed by atoms with Gasteiger partial charge in [-0.1, -0.05) is 109 Å². The van der Waals surface area contributed by atoms with Crippen LogP contribution in [0.25, 0.3) is 94.7 Å². The van der Waals surface area contributed by atoms with Crippen molar-refractivity contribution in [3.8, 4) is 57.0 Å². The third-order valence-electron chi connectivity index (χ3n) is 9.70. The molecule has 0 unspecified atom stereocenters. The summed E-state index contributed by atoms with van der Waals surface area (Å²) >= 11 is 0. The van der Waals surface area contributed by atoms with E-state index in [1.807, 2.05) is 97.1 Å². The van der Waals surface area contributed by atoms with Crippen LogP contribution in [-0.2, 0) is 0 Å². The van der Waals surface area contributed by atoms with Crippen LogP contribution in [0.5, 0.6) is 0 Å². The number of hydrogen-bond donors (Lipinski definition) is 0. The summed E-state index contributed by atoms with van der Waals surface area (Å²) in [5, 5.41) is 14.1. The van der Waals surface area contributed by atoms with Gasteiger partial charge in [0.25, 0.3) is 0 Å². The Balaban J connectivity index is 1.25. The van der Waals surface area contributed by atoms with Crippen molar-refractivity contribution in [1.29, 1.82) is 5.26 Å². The van der Waals surface area contributed by atoms with Crippen molar-refractivity contribution in [2.24, 2.45) is 0 Å². The van der Waals surface area contributed by atoms with Gasteiger partial charge in [0.05, 0.1) is 28.4 Å². The van der Waals surface area contributed by atoms with Crippen LogP contribution in [0.2, 0.25) is 0 Å². The number of hydrogen-bond acceptors (Lipinski definition) is 5. The lowest BCUT2D eigenvalue weighted by Crippen LogP contribution is -2.02. The first-order valence-corrected chi connectivity index (χ1v) is 17.1. The molecule has 52 heavy (non-hydrogen) atoms. The average Bonchev–Trinajstić information content (AvgIpc) is 3.77. The van der Waals surface area contributed by atoms with Crippen molar-refractivity contribution in [1.82, 2.24) is 19.5 Å². The number of para-hydroxylation sites is 2. The molecule has 0 aliphatic rings. The van der Waals surface area contributed by atoms with Gasteiger partial charge in [0.2, 0.25) is 0 Å². The van der Waals surface area contributed by atoms with E-state index < -0.39 is 0 Å². The summed E-state index contributed by atoms with van der Waals surface area (Å²) in [6.45, 7) is 0. The summed E-state index contributed by atoms with van der Waals surface area (Å²) in [6.07, 6.45) is 0. The van der Waals surface area contributed by atoms with Gasteiger partial charge in [-0.2, -0.15) is 5.26 Å². The summed E-state index contributed by atoms with van der Waals surface area (Å²) in [5.74, 6) is 1.78. The zero-order valence-corrected chi connectivity index (χ0v) is 27.7. The second-order valence-electron chi connectivity index (χ2n) is 12.7. The van der Waals surface area contributed by atoms with E-state index in [1.54, 1.807) is 0 Å². The van der Waals surface area contributed by atoms with Gasteiger partial charge in [-0.15, -0.1) is 0 Å². The molecular formula is C46H27N5O. The highest BCUT2D eigenvalue weighted by Crippen LogP contribution is 2.43. The number of benzene rings is 7. The van der Waals surface area contributed by atoms with E-state index in [4.69, 9.17) is 19.4 Å². The van der Waals surface area contributed by atoms with Crippen molar-refractivity contribution < 1.29 is 4.42 Å². The van der Waals surface area contributed by atoms with Gasteiger partial charge in [-0.25, -0.2) is 15.0 Å². The largest absolute Gasteiger partial charge is 0.456 e. The van der Waals surface area contributed by atoms with E-state index in [0.29, 0.717) is 23.0 Å². The summed E-state index contributed by atoms with van der Waals surface area (Å²) in [6, 6.07) is 57.4. The Labute approximate surface area is 298 Å². The monoisotopic (exact) mass is 665 g/mol. The van der Waals surface area contributed by atoms with Gasteiger partial charge in [0.1, 0.15) is 11.2 Å². The van der Waals surface area contributed by atoms with Crippen molar-refractivity contribution in [3.63, 3.8) is 0 Å². The van der Waals surface area contributed by atoms with Crippen LogP contribution in [0, 0.1) is 11.3 Å². The maximum atomic E-state index is 9.63. The van der Waals surface area contributed by atoms with Crippen molar-refractivity contribution >= 4 is 43.7 Å². The molecule has 0 radical (unpaired) electrons. The fourth-order valence-corrected chi connectivity index (χ4v) is 7.30. The predicted molar refractivity (Wildman–Crippen MR) is 208 cm³/mol. The van der Waals surface area contributed by atoms with Crippen LogP contribution in [0.1, 0.15) is 5.56 Å². The molecule has 10 aromatic rings. The molecule has 0 atom stereocenters. The molecule has 3 aromatic heterocycles. The maximum Gasteiger partial charge on any atom is 0.164 e. The Bertz CT molecular complexity index is 2950. The number of rotatable bonds is 5. The average molecular weight is 666 g/mol. The lowest BCUT2D eigenvalue weighted by atomic mass is 9.99. The fraction of sp³-hybridized carbons (Fsp3) is 0. The summed E-state index contributed by atoms with van der Waals surface area (Å²) in [4.78, 5) is 15.0. The van der Waals surface area contributed by atoms with Crippen LogP contribution in [-0.4, -0.2) is 19.5 Å². The first kappa shape index (κ1) is 29.5. The standard InChI is InChI=1S/C46H27N5O/c47-28-29-19-21-30(22-20-29)36-27-33(46-49-44(31-11-3-1-4-12-31)48-45(50-46)32-13-5-2-6-14-32)23-24-38(36)51-37-17-9-7-15-34(37)42-39(51)25-26-41-43(42)35-16-8-10-18-40(35)52-41/h1-27H. The first-order valence-electron chi connectivity index (χ1n) is 17.1. The van der Waals surface area contributed by atoms with E-state index in [0.717, 1.165) is 77.2 Å². The third-order valence-corrected chi connectivity index (χ3v) is 9.70. The molecule has 242 valence electrons. The topological polar surface area (TPSA) is 80.5 Å². The minimum atomic E-state index is 0.572. The molecule has 0 aliphatic heterocycles. The molecule has 0 bridgehead atoms. The van der Waals surface area contributed by atoms with Crippen molar-refractivity contribution in [2.75, 3.05) is 0 Å². The molecule has 0 amide bonds. The second kappa shape index (κ2) is 11.9. The number of nitrogens with zero attached hydrogens (tertiary/aromatic N) is 5. The Morgan fingerprint density at radius 2 is 1.06 bits per heavy atom. The zero-order valence-electron chi connectivity index (χ0n) is 27.7. The van der Waals surface area contributed by atoms with E-state index in [1.165, 1.54) is 0 Å². The molecule has 7 aromatic carbocycles. The fourth-order valence-electron chi connectivity index (χ4n) is 7.30. The Hall–Kier alpha value is -7.36. The highest BCUT2D eigenvalue weighted by molar-refractivity contribution is 6.27. The Morgan fingerprint density at radius 1 is 0.462 bits per heavy atom. The normalized spacial score (nSPS) is 11.4. The number of furan rings is 1. The molecular weight excluding hydrogens is 639 g/mol. The van der Waals surface area contributed by atoms with E-state index in [9.17, 15) is 5.26 Å². The second-order valence-corrected chi connectivity index (χ2v) is 12.7. The molecule has 0 aliphatic carbocycles. The van der Waals surface area contributed by atoms with Gasteiger partial charge >= 0.3 is 0 Å². The SMILES string of the molecule is N#Cc1ccc(-c2cc(-c3nc(-c4ccccc4)nc(-c4ccccc4)n3)ccc2-n2c3ccccc3c3c4c(ccc32)oc2ccccc24)cc1. The van der Waals surface area contributed by atoms with E-state index >= 15 is 0 Å². The zero-order chi connectivity index (χ0) is 34.6. The van der Waals surface area contributed by atoms with Crippen LogP contribution < -0.4 is 0 Å². The lowest BCUT2D eigenvalue weighted by Gasteiger charge is -2.16. The number of aromatic nitrogens is 4. The molecule has 0 fully saturated rings. The van der Waals surface area contributed by atoms with Gasteiger partial charge < -0.3 is 8.98 Å². The molecule has 6 heteroatoms. The maximum absolute atomic E-state index is 9.63. The van der Waals surface area contributed by atoms with Gasteiger partial charge in [0, 0.05) is 43.8 Å². The third kappa shape index (κ3) is 4.76. The van der Waals surface area contributed by atoms with Gasteiger partial charge in [0.15, 0.2) is 17.5 Å². The minimum Gasteiger partial charge on any atom is -0.456 e. The lowest BCUT2D eigenvalue weighted by molar-refractivity contribution is 0.669. The van der Waals surface area contributed by atoms with Gasteiger partial charge in [-0.05, 0) is 60.2 Å². The highest BCUT2D eigenvalue weighted by Gasteiger charge is 2.21. The van der Waals surface area contributed by atoms with Crippen LogP contribution in [0.3, 0.4) is 0 Å². The summed E-state index contributed by atoms with van der Waals surface area (Å²) in [7, 11) is 0. The first-order chi connectivity index (χ1) is 25.7. The summed E-state index contributed by atoms with van der Waals surface area (Å²) in [5.41, 5.74) is 10.1. The predicted octanol–water partition coefficient (Wildman–Crippen LogP) is 11.4. The molecule has 0 spiro atoms. The molecule has 6 nitrogen and oxygen atoms in total. The molecule has 0 saturated carbocycles. The molecule has 0 N–H and O–H groups in total. The molecule has 3 heterocycles. The molecule has 0 saturated heterocycles. The van der Waals surface area contributed by atoms with Crippen LogP contribution in [0.4, 0.5) is 0 Å². The number of fused-ring (bicyclic) bond motifs is 7. The van der Waals surface area contributed by atoms with Crippen LogP contribution >= 0.6 is 0 Å². The molecule has 10 rings (SSSR count). The Morgan fingerprint density at radius 3 is 1.75 bits per heavy atom. The van der Waals surface area contributed by atoms with Gasteiger partial charge in [-0.3, -0.25) is 0 Å². The van der Waals surface area contributed by atoms with E-state index in [2.05, 4.69) is 77.4 Å². The summed E-state index contributed by atoms with van der Waals surface area (Å²) < 4.78 is 8.67. The number of nitriles is 1. The minimum absolute atomic E-state index is 0.572. The van der Waals surface area contributed by atoms with Crippen molar-refractivity contribution in [2.45, 2.75) is 0 Å². The Kier molecular flexibility index (Phi) is 6.76. The highest BCUT2D eigenvalue weighted by atomic mass is 16.3. The smallest absolute Gasteiger partial charge is 0.164 e. The quantitative estimate of drug-likeness (QED) is 0.183. The van der Waals surface area contributed by atoms with Crippen molar-refractivity contribution in [3.05, 3.63) is 169 Å². The van der Waals surface area contributed by atoms with Crippen LogP contribution in [0.15, 0.2) is 168 Å².